The third-order valence-corrected chi connectivity index (χ3v) is 6.75. The van der Waals surface area contributed by atoms with E-state index < -0.39 is 0 Å². The first kappa shape index (κ1) is 19.5. The first-order valence-electron chi connectivity index (χ1n) is 11.1. The fraction of sp³-hybridized carbons (Fsp3) is 0.440. The number of likely N-dealkylation sites (N-methyl/N-ethyl adjacent to an activating group) is 1. The minimum Gasteiger partial charge on any atom is -0.340 e. The van der Waals surface area contributed by atoms with Crippen LogP contribution in [-0.4, -0.2) is 72.6 Å². The van der Waals surface area contributed by atoms with Gasteiger partial charge >= 0.3 is 0 Å². The van der Waals surface area contributed by atoms with Crippen molar-refractivity contribution in [2.24, 2.45) is 5.92 Å². The molecule has 1 unspecified atom stereocenters. The minimum atomic E-state index is 0.707. The van der Waals surface area contributed by atoms with Crippen LogP contribution in [0, 0.1) is 5.92 Å². The van der Waals surface area contributed by atoms with E-state index in [-0.39, 0.29) is 0 Å². The van der Waals surface area contributed by atoms with Crippen LogP contribution in [0.2, 0.25) is 0 Å². The Kier molecular flexibility index (Phi) is 5.40. The molecule has 2 atom stereocenters. The molecule has 5 heteroatoms. The molecule has 0 aliphatic carbocycles. The lowest BCUT2D eigenvalue weighted by molar-refractivity contribution is 0.247. The maximum Gasteiger partial charge on any atom is 0.225 e. The fourth-order valence-corrected chi connectivity index (χ4v) is 4.94. The number of rotatable bonds is 5. The Balaban J connectivity index is 1.26. The highest BCUT2D eigenvalue weighted by Crippen LogP contribution is 2.27. The Morgan fingerprint density at radius 3 is 2.67 bits per heavy atom. The molecule has 0 radical (unpaired) electrons. The van der Waals surface area contributed by atoms with Crippen LogP contribution in [0.15, 0.2) is 54.7 Å². The number of hydrogen-bond donors (Lipinski definition) is 0. The standard InChI is InChI=1S/C25H31N5/c1-28(2)23-11-13-29(18-23)16-19-10-14-30(17-19)25-26-12-9-24(27-25)22-8-7-20-5-3-4-6-21(20)15-22/h3-9,12,15,19,23H,10-11,13-14,16-18H2,1-2H3/t19-,23?/m0/s1. The van der Waals surface area contributed by atoms with Crippen molar-refractivity contribution >= 4 is 16.7 Å². The highest BCUT2D eigenvalue weighted by Gasteiger charge is 2.30. The summed E-state index contributed by atoms with van der Waals surface area (Å²) in [5, 5.41) is 2.51. The highest BCUT2D eigenvalue weighted by atomic mass is 15.3. The summed E-state index contributed by atoms with van der Waals surface area (Å²) in [6.45, 7) is 5.75. The normalized spacial score (nSPS) is 22.4. The molecule has 0 saturated carbocycles. The smallest absolute Gasteiger partial charge is 0.225 e. The van der Waals surface area contributed by atoms with E-state index in [0.29, 0.717) is 12.0 Å². The van der Waals surface area contributed by atoms with Gasteiger partial charge in [0.1, 0.15) is 0 Å². The van der Waals surface area contributed by atoms with Gasteiger partial charge in [-0.15, -0.1) is 0 Å². The molecule has 5 rings (SSSR count). The summed E-state index contributed by atoms with van der Waals surface area (Å²) < 4.78 is 0. The van der Waals surface area contributed by atoms with Crippen molar-refractivity contribution < 1.29 is 0 Å². The second-order valence-corrected chi connectivity index (χ2v) is 9.07. The molecule has 2 fully saturated rings. The fourth-order valence-electron chi connectivity index (χ4n) is 4.94. The second kappa shape index (κ2) is 8.32. The lowest BCUT2D eigenvalue weighted by Gasteiger charge is -2.23. The molecule has 2 saturated heterocycles. The van der Waals surface area contributed by atoms with Gasteiger partial charge in [-0.05, 0) is 62.3 Å². The SMILES string of the molecule is CN(C)C1CCN(C[C@@H]2CCN(c3nccc(-c4ccc5ccccc5c4)n3)C2)C1. The van der Waals surface area contributed by atoms with Crippen molar-refractivity contribution in [3.63, 3.8) is 0 Å². The molecule has 0 amide bonds. The summed E-state index contributed by atoms with van der Waals surface area (Å²) >= 11 is 0. The van der Waals surface area contributed by atoms with Crippen molar-refractivity contribution in [1.29, 1.82) is 0 Å². The van der Waals surface area contributed by atoms with E-state index in [1.54, 1.807) is 0 Å². The van der Waals surface area contributed by atoms with Gasteiger partial charge in [0, 0.05) is 44.0 Å². The van der Waals surface area contributed by atoms with E-state index in [4.69, 9.17) is 4.98 Å². The Morgan fingerprint density at radius 2 is 1.83 bits per heavy atom. The third kappa shape index (κ3) is 4.05. The van der Waals surface area contributed by atoms with Crippen molar-refractivity contribution in [3.8, 4) is 11.3 Å². The van der Waals surface area contributed by atoms with Gasteiger partial charge in [0.05, 0.1) is 5.69 Å². The van der Waals surface area contributed by atoms with Crippen LogP contribution < -0.4 is 4.90 Å². The molecule has 3 aromatic rings. The average molecular weight is 402 g/mol. The Hall–Kier alpha value is -2.50. The topological polar surface area (TPSA) is 35.5 Å². The van der Waals surface area contributed by atoms with Crippen LogP contribution >= 0.6 is 0 Å². The monoisotopic (exact) mass is 401 g/mol. The number of hydrogen-bond acceptors (Lipinski definition) is 5. The number of anilines is 1. The molecular weight excluding hydrogens is 370 g/mol. The lowest BCUT2D eigenvalue weighted by atomic mass is 10.1. The Labute approximate surface area is 179 Å². The molecular formula is C25H31N5. The minimum absolute atomic E-state index is 0.707. The van der Waals surface area contributed by atoms with Crippen LogP contribution in [0.4, 0.5) is 5.95 Å². The molecule has 156 valence electrons. The summed E-state index contributed by atoms with van der Waals surface area (Å²) in [5.74, 6) is 1.58. The zero-order valence-corrected chi connectivity index (χ0v) is 18.0. The first-order valence-corrected chi connectivity index (χ1v) is 11.1. The zero-order valence-electron chi connectivity index (χ0n) is 18.0. The van der Waals surface area contributed by atoms with Gasteiger partial charge in [-0.1, -0.05) is 36.4 Å². The largest absolute Gasteiger partial charge is 0.340 e. The molecule has 0 spiro atoms. The van der Waals surface area contributed by atoms with E-state index in [9.17, 15) is 0 Å². The maximum atomic E-state index is 4.93. The van der Waals surface area contributed by atoms with E-state index in [0.717, 1.165) is 30.3 Å². The average Bonchev–Trinajstić information content (AvgIpc) is 3.44. The van der Waals surface area contributed by atoms with Gasteiger partial charge in [-0.3, -0.25) is 0 Å². The van der Waals surface area contributed by atoms with Crippen molar-refractivity contribution in [2.45, 2.75) is 18.9 Å². The molecule has 2 aliphatic rings. The Morgan fingerprint density at radius 1 is 0.967 bits per heavy atom. The molecule has 5 nitrogen and oxygen atoms in total. The van der Waals surface area contributed by atoms with Gasteiger partial charge in [0.15, 0.2) is 0 Å². The van der Waals surface area contributed by atoms with Crippen molar-refractivity contribution in [1.82, 2.24) is 19.8 Å². The van der Waals surface area contributed by atoms with Gasteiger partial charge < -0.3 is 14.7 Å². The van der Waals surface area contributed by atoms with Crippen LogP contribution in [0.1, 0.15) is 12.8 Å². The van der Waals surface area contributed by atoms with Crippen molar-refractivity contribution in [2.75, 3.05) is 51.7 Å². The van der Waals surface area contributed by atoms with E-state index >= 15 is 0 Å². The quantitative estimate of drug-likeness (QED) is 0.651. The predicted molar refractivity (Wildman–Crippen MR) is 124 cm³/mol. The van der Waals surface area contributed by atoms with Gasteiger partial charge in [-0.25, -0.2) is 9.97 Å². The molecule has 0 N–H and O–H groups in total. The van der Waals surface area contributed by atoms with E-state index in [1.807, 2.05) is 12.3 Å². The number of benzene rings is 2. The first-order chi connectivity index (χ1) is 14.7. The molecule has 1 aromatic heterocycles. The predicted octanol–water partition coefficient (Wildman–Crippen LogP) is 3.76. The maximum absolute atomic E-state index is 4.93. The molecule has 0 bridgehead atoms. The molecule has 2 aromatic carbocycles. The third-order valence-electron chi connectivity index (χ3n) is 6.75. The highest BCUT2D eigenvalue weighted by molar-refractivity contribution is 5.86. The molecule has 30 heavy (non-hydrogen) atoms. The van der Waals surface area contributed by atoms with Crippen LogP contribution in [0.5, 0.6) is 0 Å². The number of nitrogens with zero attached hydrogens (tertiary/aromatic N) is 5. The van der Waals surface area contributed by atoms with Gasteiger partial charge in [-0.2, -0.15) is 0 Å². The Bertz CT molecular complexity index is 1020. The van der Waals surface area contributed by atoms with Crippen molar-refractivity contribution in [3.05, 3.63) is 54.7 Å². The number of aromatic nitrogens is 2. The summed E-state index contributed by atoms with van der Waals surface area (Å²) in [7, 11) is 4.40. The zero-order chi connectivity index (χ0) is 20.5. The number of likely N-dealkylation sites (tertiary alicyclic amines) is 1. The summed E-state index contributed by atoms with van der Waals surface area (Å²) in [5.41, 5.74) is 2.16. The second-order valence-electron chi connectivity index (χ2n) is 9.07. The van der Waals surface area contributed by atoms with E-state index in [2.05, 4.69) is 76.2 Å². The molecule has 3 heterocycles. The lowest BCUT2D eigenvalue weighted by Crippen LogP contribution is -2.34. The summed E-state index contributed by atoms with van der Waals surface area (Å²) in [4.78, 5) is 16.9. The van der Waals surface area contributed by atoms with Crippen LogP contribution in [0.25, 0.3) is 22.0 Å². The summed E-state index contributed by atoms with van der Waals surface area (Å²) in [6.07, 6.45) is 4.43. The van der Waals surface area contributed by atoms with Crippen LogP contribution in [0.3, 0.4) is 0 Å². The van der Waals surface area contributed by atoms with E-state index in [1.165, 1.54) is 43.2 Å². The van der Waals surface area contributed by atoms with Crippen LogP contribution in [-0.2, 0) is 0 Å². The van der Waals surface area contributed by atoms with Gasteiger partial charge in [0.25, 0.3) is 0 Å². The molecule has 2 aliphatic heterocycles. The van der Waals surface area contributed by atoms with Gasteiger partial charge in [0.2, 0.25) is 5.95 Å². The summed E-state index contributed by atoms with van der Waals surface area (Å²) in [6, 6.07) is 17.8. The number of fused-ring (bicyclic) bond motifs is 1.